The minimum absolute atomic E-state index is 0.584. The van der Waals surface area contributed by atoms with E-state index in [9.17, 15) is 0 Å². The van der Waals surface area contributed by atoms with E-state index in [2.05, 4.69) is 15.0 Å². The van der Waals surface area contributed by atoms with Crippen LogP contribution >= 0.6 is 23.6 Å². The maximum atomic E-state index is 6.32. The summed E-state index contributed by atoms with van der Waals surface area (Å²) in [7, 11) is 0. The molecule has 22 heavy (non-hydrogen) atoms. The van der Waals surface area contributed by atoms with E-state index in [0.717, 1.165) is 16.1 Å². The summed E-state index contributed by atoms with van der Waals surface area (Å²) in [5, 5.41) is 0. The lowest BCUT2D eigenvalue weighted by Crippen LogP contribution is -2.00. The Labute approximate surface area is 135 Å². The molecule has 4 aromatic rings. The lowest BCUT2D eigenvalue weighted by Gasteiger charge is -2.05. The quantitative estimate of drug-likeness (QED) is 0.550. The number of thiazole rings is 1. The van der Waals surface area contributed by atoms with E-state index in [4.69, 9.17) is 18.0 Å². The monoisotopic (exact) mass is 325 g/mol. The van der Waals surface area contributed by atoms with Crippen LogP contribution in [0.25, 0.3) is 27.6 Å². The number of aromatic nitrogens is 4. The second-order valence-corrected chi connectivity index (χ2v) is 6.36. The Morgan fingerprint density at radius 1 is 1.14 bits per heavy atom. The van der Waals surface area contributed by atoms with Crippen molar-refractivity contribution in [2.75, 3.05) is 5.73 Å². The molecule has 0 unspecified atom stereocenters. The number of aromatic amines is 1. The first-order valence-electron chi connectivity index (χ1n) is 6.62. The van der Waals surface area contributed by atoms with Crippen molar-refractivity contribution in [2.45, 2.75) is 0 Å². The average Bonchev–Trinajstić information content (AvgIpc) is 3.09. The Kier molecular flexibility index (Phi) is 3.02. The number of H-pyrrole nitrogens is 1. The van der Waals surface area contributed by atoms with Crippen molar-refractivity contribution in [3.05, 3.63) is 52.6 Å². The number of fused-ring (bicyclic) bond motifs is 1. The van der Waals surface area contributed by atoms with Gasteiger partial charge >= 0.3 is 0 Å². The fraction of sp³-hybridized carbons (Fsp3) is 0. The van der Waals surface area contributed by atoms with Crippen molar-refractivity contribution in [3.63, 3.8) is 0 Å². The van der Waals surface area contributed by atoms with Crippen molar-refractivity contribution in [2.24, 2.45) is 0 Å². The Hall–Kier alpha value is -2.51. The Bertz CT molecular complexity index is 980. The van der Waals surface area contributed by atoms with Crippen molar-refractivity contribution in [3.8, 4) is 16.4 Å². The number of imidazole rings is 1. The van der Waals surface area contributed by atoms with Gasteiger partial charge in [-0.25, -0.2) is 9.97 Å². The van der Waals surface area contributed by atoms with Gasteiger partial charge in [0.1, 0.15) is 10.7 Å². The molecule has 4 rings (SSSR count). The van der Waals surface area contributed by atoms with E-state index in [1.165, 1.54) is 11.3 Å². The third kappa shape index (κ3) is 2.02. The molecule has 0 bridgehead atoms. The molecular formula is C15H11N5S2. The van der Waals surface area contributed by atoms with E-state index in [0.29, 0.717) is 21.2 Å². The van der Waals surface area contributed by atoms with Gasteiger partial charge in [-0.2, -0.15) is 0 Å². The summed E-state index contributed by atoms with van der Waals surface area (Å²) in [4.78, 5) is 12.8. The van der Waals surface area contributed by atoms with Crippen LogP contribution in [0.5, 0.6) is 0 Å². The van der Waals surface area contributed by atoms with Crippen LogP contribution in [0.4, 0.5) is 5.82 Å². The molecule has 0 aliphatic heterocycles. The van der Waals surface area contributed by atoms with Gasteiger partial charge in [0.05, 0.1) is 5.52 Å². The van der Waals surface area contributed by atoms with E-state index in [-0.39, 0.29) is 0 Å². The standard InChI is InChI=1S/C15H11N5S2/c16-12-11(14-18-10-7-4-8-17-13(10)19-14)22-15(21)20(12)9-5-2-1-3-6-9/h1-8H,16H2,(H,17,18,19). The van der Waals surface area contributed by atoms with Gasteiger partial charge in [-0.1, -0.05) is 29.5 Å². The second-order valence-electron chi connectivity index (χ2n) is 4.71. The number of nitrogens with two attached hydrogens (primary N) is 1. The number of anilines is 1. The topological polar surface area (TPSA) is 72.5 Å². The first-order valence-corrected chi connectivity index (χ1v) is 7.84. The Morgan fingerprint density at radius 3 is 2.73 bits per heavy atom. The molecule has 0 atom stereocenters. The smallest absolute Gasteiger partial charge is 0.178 e. The van der Waals surface area contributed by atoms with Crippen molar-refractivity contribution >= 4 is 40.5 Å². The number of pyridine rings is 1. The zero-order valence-corrected chi connectivity index (χ0v) is 13.0. The zero-order chi connectivity index (χ0) is 15.1. The fourth-order valence-electron chi connectivity index (χ4n) is 2.33. The van der Waals surface area contributed by atoms with Gasteiger partial charge in [-0.3, -0.25) is 4.57 Å². The maximum Gasteiger partial charge on any atom is 0.178 e. The number of nitrogens with zero attached hydrogens (tertiary/aromatic N) is 3. The van der Waals surface area contributed by atoms with Gasteiger partial charge in [0, 0.05) is 11.9 Å². The highest BCUT2D eigenvalue weighted by atomic mass is 32.1. The molecule has 0 spiro atoms. The van der Waals surface area contributed by atoms with Gasteiger partial charge in [0.15, 0.2) is 15.4 Å². The normalized spacial score (nSPS) is 11.1. The predicted molar refractivity (Wildman–Crippen MR) is 91.8 cm³/mol. The van der Waals surface area contributed by atoms with Gasteiger partial charge in [-0.15, -0.1) is 0 Å². The van der Waals surface area contributed by atoms with E-state index < -0.39 is 0 Å². The number of benzene rings is 1. The summed E-state index contributed by atoms with van der Waals surface area (Å²) in [6.45, 7) is 0. The number of para-hydroxylation sites is 1. The lowest BCUT2D eigenvalue weighted by molar-refractivity contribution is 1.08. The summed E-state index contributed by atoms with van der Waals surface area (Å²) < 4.78 is 2.54. The molecule has 3 heterocycles. The van der Waals surface area contributed by atoms with Crippen LogP contribution < -0.4 is 5.73 Å². The molecule has 0 fully saturated rings. The average molecular weight is 325 g/mol. The highest BCUT2D eigenvalue weighted by molar-refractivity contribution is 7.73. The van der Waals surface area contributed by atoms with Gasteiger partial charge in [0.2, 0.25) is 0 Å². The Balaban J connectivity index is 1.92. The van der Waals surface area contributed by atoms with Crippen LogP contribution in [0.2, 0.25) is 0 Å². The summed E-state index contributed by atoms with van der Waals surface area (Å²) in [6.07, 6.45) is 1.72. The molecule has 0 radical (unpaired) electrons. The van der Waals surface area contributed by atoms with E-state index >= 15 is 0 Å². The highest BCUT2D eigenvalue weighted by Crippen LogP contribution is 2.34. The van der Waals surface area contributed by atoms with E-state index in [1.54, 1.807) is 6.20 Å². The number of nitrogen functional groups attached to an aromatic ring is 1. The van der Waals surface area contributed by atoms with Crippen LogP contribution in [0.1, 0.15) is 0 Å². The molecule has 3 aromatic heterocycles. The molecule has 7 heteroatoms. The summed E-state index contributed by atoms with van der Waals surface area (Å²) in [5.41, 5.74) is 8.81. The minimum atomic E-state index is 0.584. The lowest BCUT2D eigenvalue weighted by atomic mass is 10.3. The van der Waals surface area contributed by atoms with E-state index in [1.807, 2.05) is 47.0 Å². The molecule has 1 aromatic carbocycles. The van der Waals surface area contributed by atoms with Crippen LogP contribution in [-0.4, -0.2) is 19.5 Å². The fourth-order valence-corrected chi connectivity index (χ4v) is 3.64. The Morgan fingerprint density at radius 2 is 1.95 bits per heavy atom. The zero-order valence-electron chi connectivity index (χ0n) is 11.4. The van der Waals surface area contributed by atoms with Gasteiger partial charge in [-0.05, 0) is 36.5 Å². The third-order valence-corrected chi connectivity index (χ3v) is 4.73. The molecule has 0 aliphatic rings. The first-order chi connectivity index (χ1) is 10.7. The highest BCUT2D eigenvalue weighted by Gasteiger charge is 2.16. The molecule has 5 nitrogen and oxygen atoms in total. The number of hydrogen-bond donors (Lipinski definition) is 2. The number of rotatable bonds is 2. The van der Waals surface area contributed by atoms with Gasteiger partial charge in [0.25, 0.3) is 0 Å². The number of hydrogen-bond acceptors (Lipinski definition) is 5. The maximum absolute atomic E-state index is 6.32. The van der Waals surface area contributed by atoms with Crippen LogP contribution in [-0.2, 0) is 0 Å². The molecule has 108 valence electrons. The van der Waals surface area contributed by atoms with Crippen molar-refractivity contribution in [1.82, 2.24) is 19.5 Å². The van der Waals surface area contributed by atoms with Gasteiger partial charge < -0.3 is 10.7 Å². The summed E-state index contributed by atoms with van der Waals surface area (Å²) in [6, 6.07) is 13.6. The number of nitrogens with one attached hydrogen (secondary N) is 1. The minimum Gasteiger partial charge on any atom is -0.383 e. The van der Waals surface area contributed by atoms with Crippen molar-refractivity contribution in [1.29, 1.82) is 0 Å². The van der Waals surface area contributed by atoms with Crippen LogP contribution in [0.15, 0.2) is 48.7 Å². The summed E-state index contributed by atoms with van der Waals surface area (Å²) in [5.74, 6) is 1.28. The SMILES string of the molecule is Nc1c(-c2nc3ncccc3[nH]2)sc(=S)n1-c1ccccc1. The largest absolute Gasteiger partial charge is 0.383 e. The first kappa shape index (κ1) is 13.2. The predicted octanol–water partition coefficient (Wildman–Crippen LogP) is 3.79. The van der Waals surface area contributed by atoms with Crippen LogP contribution in [0.3, 0.4) is 0 Å². The molecule has 3 N–H and O–H groups in total. The summed E-state index contributed by atoms with van der Waals surface area (Å²) >= 11 is 6.90. The molecule has 0 aliphatic carbocycles. The molecule has 0 saturated carbocycles. The molecular weight excluding hydrogens is 314 g/mol. The van der Waals surface area contributed by atoms with Crippen LogP contribution in [0, 0.1) is 3.95 Å². The second kappa shape index (κ2) is 5.04. The molecule has 0 amide bonds. The third-order valence-electron chi connectivity index (χ3n) is 3.33. The van der Waals surface area contributed by atoms with Crippen molar-refractivity contribution < 1.29 is 0 Å². The molecule has 0 saturated heterocycles.